The predicted molar refractivity (Wildman–Crippen MR) is 236 cm³/mol. The Bertz CT molecular complexity index is 3350. The largest absolute Gasteiger partial charge is 0.490 e. The van der Waals surface area contributed by atoms with Crippen LogP contribution in [0.3, 0.4) is 0 Å². The molecule has 9 heterocycles. The van der Waals surface area contributed by atoms with E-state index in [4.69, 9.17) is 59.3 Å². The van der Waals surface area contributed by atoms with Crippen LogP contribution in [0.15, 0.2) is 38.0 Å². The Labute approximate surface area is 414 Å². The number of imidazole rings is 3. The lowest BCUT2D eigenvalue weighted by Gasteiger charge is -2.26. The van der Waals surface area contributed by atoms with Crippen LogP contribution in [-0.4, -0.2) is 183 Å². The molecule has 16 N–H and O–H groups in total. The number of anilines is 3. The van der Waals surface area contributed by atoms with Gasteiger partial charge in [-0.2, -0.15) is 8.62 Å². The standard InChI is InChI=1S/C30H40N15O25P5/c31-22-13-25(37-4-34-22)43(7-40-13)28-17(47)16(46)10(64-28)1-61-72(53,54)67-20-11(65-29(18(20)48)44-8-41-14-23(32)35-5-38-26(14)44)2-62-73(55,56)68-21-12(3-63-74(57,58)70-75(59,60)69-71(50,51)52)66-30(19(21)49)45-9-42-15-24(33)36-6-39-27(15)45/h4-12,16-21,28-30,46-49H,1-3H2,(H,53,54)(H,55,56)(H,57,58)(H,59,60)(H2,31,34,37)(H2,32,35,38)(H2,33,36,39)(H2,50,51,52)/t10-,11-,12-,16-,17-,18-,19-,20-,21-,28-,29-,30-/m1/s1. The number of aliphatic hydroxyl groups is 4. The van der Waals surface area contributed by atoms with Crippen LogP contribution in [0.25, 0.3) is 33.5 Å². The molecule has 45 heteroatoms. The van der Waals surface area contributed by atoms with Crippen LogP contribution in [0.2, 0.25) is 0 Å². The van der Waals surface area contributed by atoms with Crippen molar-refractivity contribution in [2.75, 3.05) is 37.0 Å². The molecule has 6 aromatic rings. The van der Waals surface area contributed by atoms with E-state index in [0.29, 0.717) is 0 Å². The van der Waals surface area contributed by atoms with Crippen LogP contribution >= 0.6 is 39.1 Å². The fourth-order valence-corrected chi connectivity index (χ4v) is 12.8. The van der Waals surface area contributed by atoms with E-state index in [9.17, 15) is 62.8 Å². The van der Waals surface area contributed by atoms with E-state index in [1.54, 1.807) is 0 Å². The van der Waals surface area contributed by atoms with Crippen LogP contribution in [0.5, 0.6) is 0 Å². The van der Waals surface area contributed by atoms with Gasteiger partial charge in [0.05, 0.1) is 38.8 Å². The highest BCUT2D eigenvalue weighted by atomic mass is 31.3. The summed E-state index contributed by atoms with van der Waals surface area (Å²) < 4.78 is 117. The SMILES string of the molecule is Nc1ncnc2c1ncn2[C@@H]1O[C@H](COP(=O)(O)O[C@H]2[C@@H](O)[C@H](n3cnc4c(N)ncnc43)O[C@@H]2COP(=O)(O)O[C@H]2[C@@H](O)[C@H](n3cnc4c(N)ncnc43)O[C@@H]2COP(=O)(O)OP(=O)(O)OP(=O)(O)O)[C@@H](O)[C@H]1O. The van der Waals surface area contributed by atoms with Crippen molar-refractivity contribution in [3.8, 4) is 0 Å². The third-order valence-electron chi connectivity index (χ3n) is 11.1. The molecule has 40 nitrogen and oxygen atoms in total. The van der Waals surface area contributed by atoms with E-state index in [1.165, 1.54) is 10.9 Å². The van der Waals surface area contributed by atoms with Crippen LogP contribution in [-0.2, 0) is 68.3 Å². The number of aliphatic hydroxyl groups excluding tert-OH is 4. The van der Waals surface area contributed by atoms with Crippen LogP contribution in [0.1, 0.15) is 18.7 Å². The third-order valence-corrected chi connectivity index (χ3v) is 16.8. The molecule has 9 rings (SSSR count). The average Bonchev–Trinajstić information content (AvgIpc) is 4.18. The number of hydrogen-bond acceptors (Lipinski definition) is 31. The first kappa shape index (κ1) is 55.2. The lowest BCUT2D eigenvalue weighted by molar-refractivity contribution is -0.0616. The quantitative estimate of drug-likeness (QED) is 0.0334. The summed E-state index contributed by atoms with van der Waals surface area (Å²) in [6.45, 7) is -3.55. The minimum atomic E-state index is -6.05. The van der Waals surface area contributed by atoms with Gasteiger partial charge in [0.25, 0.3) is 0 Å². The molecule has 75 heavy (non-hydrogen) atoms. The number of hydrogen-bond donors (Lipinski definition) is 13. The van der Waals surface area contributed by atoms with E-state index in [0.717, 1.165) is 40.8 Å². The zero-order valence-electron chi connectivity index (χ0n) is 36.9. The smallest absolute Gasteiger partial charge is 0.387 e. The Morgan fingerprint density at radius 1 is 0.453 bits per heavy atom. The summed E-state index contributed by atoms with van der Waals surface area (Å²) in [5, 5.41) is 44.9. The number of fused-ring (bicyclic) bond motifs is 3. The van der Waals surface area contributed by atoms with Gasteiger partial charge in [-0.25, -0.2) is 67.7 Å². The first-order chi connectivity index (χ1) is 35.1. The van der Waals surface area contributed by atoms with Gasteiger partial charge in [0.1, 0.15) is 90.5 Å². The van der Waals surface area contributed by atoms with Crippen molar-refractivity contribution in [2.45, 2.75) is 73.6 Å². The minimum Gasteiger partial charge on any atom is -0.387 e. The van der Waals surface area contributed by atoms with Crippen molar-refractivity contribution in [2.24, 2.45) is 0 Å². The number of rotatable bonds is 20. The molecule has 3 fully saturated rings. The zero-order chi connectivity index (χ0) is 54.2. The highest BCUT2D eigenvalue weighted by molar-refractivity contribution is 7.66. The lowest BCUT2D eigenvalue weighted by atomic mass is 10.1. The van der Waals surface area contributed by atoms with Crippen LogP contribution in [0.4, 0.5) is 17.5 Å². The summed E-state index contributed by atoms with van der Waals surface area (Å²) in [6, 6.07) is 0. The number of ether oxygens (including phenoxy) is 3. The molecule has 0 aliphatic carbocycles. The molecular weight excluding hydrogens is 1130 g/mol. The van der Waals surface area contributed by atoms with E-state index in [2.05, 4.69) is 58.0 Å². The molecule has 3 saturated heterocycles. The monoisotopic (exact) mass is 1170 g/mol. The second-order valence-electron chi connectivity index (χ2n) is 16.0. The summed E-state index contributed by atoms with van der Waals surface area (Å²) >= 11 is 0. The molecule has 6 aromatic heterocycles. The summed E-state index contributed by atoms with van der Waals surface area (Å²) in [5.41, 5.74) is 17.6. The van der Waals surface area contributed by atoms with Gasteiger partial charge >= 0.3 is 39.1 Å². The molecule has 3 aliphatic heterocycles. The number of nitrogens with zero attached hydrogens (tertiary/aromatic N) is 12. The maximum absolute atomic E-state index is 13.8. The van der Waals surface area contributed by atoms with Crippen molar-refractivity contribution >= 4 is 90.1 Å². The van der Waals surface area contributed by atoms with Gasteiger partial charge in [-0.15, -0.1) is 0 Å². The molecule has 0 bridgehead atoms. The van der Waals surface area contributed by atoms with Gasteiger partial charge in [-0.1, -0.05) is 0 Å². The fourth-order valence-electron chi connectivity index (χ4n) is 7.87. The molecule has 0 radical (unpaired) electrons. The maximum atomic E-state index is 13.8. The zero-order valence-corrected chi connectivity index (χ0v) is 41.4. The molecule has 0 saturated carbocycles. The molecule has 3 aliphatic rings. The van der Waals surface area contributed by atoms with E-state index >= 15 is 0 Å². The average molecular weight is 1170 g/mol. The maximum Gasteiger partial charge on any atom is 0.490 e. The molecule has 4 unspecified atom stereocenters. The summed E-state index contributed by atoms with van der Waals surface area (Å²) in [4.78, 5) is 95.5. The Kier molecular flexibility index (Phi) is 15.2. The molecule has 410 valence electrons. The van der Waals surface area contributed by atoms with Crippen molar-refractivity contribution in [3.63, 3.8) is 0 Å². The van der Waals surface area contributed by atoms with Crippen molar-refractivity contribution in [1.82, 2.24) is 58.6 Å². The van der Waals surface area contributed by atoms with Gasteiger partial charge < -0.3 is 81.2 Å². The summed E-state index contributed by atoms with van der Waals surface area (Å²) in [6.07, 6.45) is -15.8. The number of phosphoric acid groups is 5. The lowest BCUT2D eigenvalue weighted by Crippen LogP contribution is -2.38. The van der Waals surface area contributed by atoms with E-state index in [-0.39, 0.29) is 50.9 Å². The van der Waals surface area contributed by atoms with Crippen molar-refractivity contribution in [1.29, 1.82) is 0 Å². The van der Waals surface area contributed by atoms with Gasteiger partial charge in [-0.05, 0) is 0 Å². The van der Waals surface area contributed by atoms with Gasteiger partial charge in [0, 0.05) is 0 Å². The van der Waals surface area contributed by atoms with Gasteiger partial charge in [0.15, 0.2) is 53.1 Å². The fraction of sp³-hybridized carbons (Fsp3) is 0.500. The minimum absolute atomic E-state index is 0.00264. The summed E-state index contributed by atoms with van der Waals surface area (Å²) in [5.74, 6) is -0.281. The molecule has 0 spiro atoms. The van der Waals surface area contributed by atoms with Gasteiger partial charge in [-0.3, -0.25) is 36.3 Å². The number of phosphoric ester groups is 3. The Morgan fingerprint density at radius 2 is 0.800 bits per heavy atom. The molecular formula is C30H40N15O25P5. The first-order valence-electron chi connectivity index (χ1n) is 20.7. The van der Waals surface area contributed by atoms with Crippen LogP contribution < -0.4 is 17.2 Å². The Balaban J connectivity index is 0.933. The molecule has 16 atom stereocenters. The number of nitrogen functional groups attached to an aromatic ring is 3. The number of aromatic nitrogens is 12. The molecule has 0 amide bonds. The second-order valence-corrected chi connectivity index (χ2v) is 23.2. The summed E-state index contributed by atoms with van der Waals surface area (Å²) in [7, 11) is -29.0. The Morgan fingerprint density at radius 3 is 1.19 bits per heavy atom. The highest BCUT2D eigenvalue weighted by Gasteiger charge is 2.54. The van der Waals surface area contributed by atoms with Crippen molar-refractivity contribution in [3.05, 3.63) is 38.0 Å². The van der Waals surface area contributed by atoms with Crippen molar-refractivity contribution < 1.29 is 118 Å². The Hall–Kier alpha value is -4.60. The van der Waals surface area contributed by atoms with E-state index < -0.39 is 133 Å². The number of nitrogens with two attached hydrogens (primary N) is 3. The highest BCUT2D eigenvalue weighted by Crippen LogP contribution is 2.66. The normalized spacial score (nSPS) is 30.7. The van der Waals surface area contributed by atoms with Gasteiger partial charge in [0.2, 0.25) is 0 Å². The predicted octanol–water partition coefficient (Wildman–Crippen LogP) is -3.26. The third kappa shape index (κ3) is 11.7. The topological polar surface area (TPSA) is 589 Å². The van der Waals surface area contributed by atoms with Crippen LogP contribution in [0, 0.1) is 0 Å². The second kappa shape index (κ2) is 20.6. The molecule has 0 aromatic carbocycles. The first-order valence-corrected chi connectivity index (χ1v) is 28.2. The van der Waals surface area contributed by atoms with E-state index in [1.807, 2.05) is 0 Å².